The molecule has 0 bridgehead atoms. The van der Waals surface area contributed by atoms with Crippen LogP contribution in [0.25, 0.3) is 0 Å². The molecule has 2 aliphatic rings. The zero-order chi connectivity index (χ0) is 22.1. The number of rotatable bonds is 9. The maximum Gasteiger partial charge on any atom is 0.414 e. The Kier molecular flexibility index (Phi) is 9.95. The lowest BCUT2D eigenvalue weighted by molar-refractivity contribution is -0.0497. The lowest BCUT2D eigenvalue weighted by Gasteiger charge is -2.40. The molecule has 5 nitrogen and oxygen atoms in total. The first-order valence-electron chi connectivity index (χ1n) is 12.1. The fourth-order valence-electron chi connectivity index (χ4n) is 5.04. The zero-order valence-corrected chi connectivity index (χ0v) is 19.9. The minimum atomic E-state index is -0.306. The van der Waals surface area contributed by atoms with Gasteiger partial charge in [0.2, 0.25) is 0 Å². The summed E-state index contributed by atoms with van der Waals surface area (Å²) in [5.41, 5.74) is 0. The molecule has 1 aromatic carbocycles. The van der Waals surface area contributed by atoms with Crippen molar-refractivity contribution in [1.82, 2.24) is 10.2 Å². The van der Waals surface area contributed by atoms with Gasteiger partial charge in [-0.1, -0.05) is 24.9 Å². The number of hydrogen-bond acceptors (Lipinski definition) is 4. The third kappa shape index (κ3) is 7.65. The molecule has 31 heavy (non-hydrogen) atoms. The van der Waals surface area contributed by atoms with E-state index in [0.29, 0.717) is 34.6 Å². The molecule has 0 radical (unpaired) electrons. The van der Waals surface area contributed by atoms with E-state index in [9.17, 15) is 4.79 Å². The molecule has 1 aromatic rings. The van der Waals surface area contributed by atoms with E-state index in [4.69, 9.17) is 21.1 Å². The van der Waals surface area contributed by atoms with Crippen molar-refractivity contribution in [3.63, 3.8) is 0 Å². The van der Waals surface area contributed by atoms with Gasteiger partial charge in [0, 0.05) is 25.2 Å². The van der Waals surface area contributed by atoms with Crippen molar-refractivity contribution in [2.75, 3.05) is 33.3 Å². The Morgan fingerprint density at radius 1 is 1.10 bits per heavy atom. The van der Waals surface area contributed by atoms with E-state index in [0.717, 1.165) is 45.5 Å². The number of halogens is 1. The molecule has 3 rings (SSSR count). The molecule has 1 heterocycles. The highest BCUT2D eigenvalue weighted by atomic mass is 35.5. The molecule has 1 saturated carbocycles. The van der Waals surface area contributed by atoms with E-state index >= 15 is 0 Å². The van der Waals surface area contributed by atoms with Gasteiger partial charge in [-0.2, -0.15) is 0 Å². The number of amides is 1. The smallest absolute Gasteiger partial charge is 0.410 e. The molecule has 1 aliphatic heterocycles. The summed E-state index contributed by atoms with van der Waals surface area (Å²) in [4.78, 5) is 14.2. The van der Waals surface area contributed by atoms with Crippen LogP contribution in [-0.2, 0) is 4.74 Å². The minimum absolute atomic E-state index is 0.306. The zero-order valence-electron chi connectivity index (χ0n) is 19.2. The Hall–Kier alpha value is -1.30. The van der Waals surface area contributed by atoms with Crippen LogP contribution in [0, 0.1) is 17.8 Å². The highest BCUT2D eigenvalue weighted by molar-refractivity contribution is 6.30. The van der Waals surface area contributed by atoms with Crippen LogP contribution in [0.3, 0.4) is 0 Å². The predicted molar refractivity (Wildman–Crippen MR) is 126 cm³/mol. The van der Waals surface area contributed by atoms with Gasteiger partial charge in [0.05, 0.1) is 6.10 Å². The van der Waals surface area contributed by atoms with Crippen LogP contribution in [0.1, 0.15) is 58.3 Å². The number of carbonyl (C=O) groups is 1. The van der Waals surface area contributed by atoms with Crippen LogP contribution in [0.15, 0.2) is 24.3 Å². The fraction of sp³-hybridized carbons (Fsp3) is 0.720. The molecule has 1 aliphatic carbocycles. The van der Waals surface area contributed by atoms with Gasteiger partial charge >= 0.3 is 6.09 Å². The number of nitrogens with zero attached hydrogens (tertiary/aromatic N) is 1. The summed E-state index contributed by atoms with van der Waals surface area (Å²) in [5.74, 6) is 2.40. The average Bonchev–Trinajstić information content (AvgIpc) is 2.79. The Bertz CT molecular complexity index is 655. The van der Waals surface area contributed by atoms with Crippen LogP contribution in [0.4, 0.5) is 4.79 Å². The quantitative estimate of drug-likeness (QED) is 0.486. The van der Waals surface area contributed by atoms with Crippen LogP contribution in [0.5, 0.6) is 5.75 Å². The molecule has 174 valence electrons. The van der Waals surface area contributed by atoms with Crippen LogP contribution < -0.4 is 10.1 Å². The summed E-state index contributed by atoms with van der Waals surface area (Å²) in [6.45, 7) is 6.10. The van der Waals surface area contributed by atoms with E-state index in [1.807, 2.05) is 7.05 Å². The van der Waals surface area contributed by atoms with Crippen molar-refractivity contribution in [1.29, 1.82) is 0 Å². The summed E-state index contributed by atoms with van der Waals surface area (Å²) < 4.78 is 11.9. The molecule has 1 amide bonds. The number of unbranched alkanes of at least 4 members (excludes halogenated alkanes) is 1. The van der Waals surface area contributed by atoms with E-state index in [1.165, 1.54) is 32.1 Å². The molecule has 0 spiro atoms. The molecule has 0 aromatic heterocycles. The molecule has 1 N–H and O–H groups in total. The van der Waals surface area contributed by atoms with Crippen molar-refractivity contribution in [2.24, 2.45) is 17.8 Å². The topological polar surface area (TPSA) is 50.8 Å². The van der Waals surface area contributed by atoms with Crippen LogP contribution >= 0.6 is 11.6 Å². The standard InChI is InChI=1S/C25H39ClN2O3/c1-3-4-17-30-24(21-13-15-27-16-14-21)20-7-5-19(6-8-20)18-28(2)25(29)31-23-11-9-22(26)10-12-23/h9-12,19-21,24,27H,3-8,13-18H2,1-2H3. The largest absolute Gasteiger partial charge is 0.414 e. The Morgan fingerprint density at radius 3 is 2.39 bits per heavy atom. The number of hydrogen-bond donors (Lipinski definition) is 1. The second-order valence-corrected chi connectivity index (χ2v) is 9.70. The highest BCUT2D eigenvalue weighted by Gasteiger charge is 2.34. The maximum absolute atomic E-state index is 12.4. The SMILES string of the molecule is CCCCOC(C1CCNCC1)C1CCC(CN(C)C(=O)Oc2ccc(Cl)cc2)CC1. The van der Waals surface area contributed by atoms with Crippen molar-refractivity contribution >= 4 is 17.7 Å². The Labute approximate surface area is 192 Å². The summed E-state index contributed by atoms with van der Waals surface area (Å²) in [6, 6.07) is 6.90. The van der Waals surface area contributed by atoms with Crippen molar-refractivity contribution in [2.45, 2.75) is 64.4 Å². The van der Waals surface area contributed by atoms with Gasteiger partial charge in [-0.05, 0) is 100 Å². The lowest BCUT2D eigenvalue weighted by Crippen LogP contribution is -2.41. The van der Waals surface area contributed by atoms with Crippen molar-refractivity contribution in [3.8, 4) is 5.75 Å². The minimum Gasteiger partial charge on any atom is -0.410 e. The third-order valence-corrected chi connectivity index (χ3v) is 7.13. The first-order valence-corrected chi connectivity index (χ1v) is 12.5. The molecular weight excluding hydrogens is 412 g/mol. The van der Waals surface area contributed by atoms with Gasteiger partial charge < -0.3 is 19.7 Å². The number of piperidine rings is 1. The average molecular weight is 451 g/mol. The van der Waals surface area contributed by atoms with Gasteiger partial charge in [0.15, 0.2) is 0 Å². The van der Waals surface area contributed by atoms with Gasteiger partial charge in [0.25, 0.3) is 0 Å². The molecule has 6 heteroatoms. The monoisotopic (exact) mass is 450 g/mol. The number of nitrogens with one attached hydrogen (secondary N) is 1. The number of carbonyl (C=O) groups excluding carboxylic acids is 1. The van der Waals surface area contributed by atoms with E-state index in [1.54, 1.807) is 29.2 Å². The Morgan fingerprint density at radius 2 is 1.74 bits per heavy atom. The van der Waals surface area contributed by atoms with Crippen molar-refractivity contribution < 1.29 is 14.3 Å². The number of ether oxygens (including phenoxy) is 2. The normalized spacial score (nSPS) is 23.3. The number of benzene rings is 1. The summed E-state index contributed by atoms with van der Waals surface area (Å²) in [5, 5.41) is 4.12. The van der Waals surface area contributed by atoms with Crippen LogP contribution in [-0.4, -0.2) is 50.4 Å². The summed E-state index contributed by atoms with van der Waals surface area (Å²) in [7, 11) is 1.83. The van der Waals surface area contributed by atoms with Crippen LogP contribution in [0.2, 0.25) is 5.02 Å². The first-order chi connectivity index (χ1) is 15.1. The van der Waals surface area contributed by atoms with Gasteiger partial charge in [-0.3, -0.25) is 0 Å². The highest BCUT2D eigenvalue weighted by Crippen LogP contribution is 2.37. The summed E-state index contributed by atoms with van der Waals surface area (Å²) in [6.07, 6.45) is 9.61. The van der Waals surface area contributed by atoms with Crippen molar-refractivity contribution in [3.05, 3.63) is 29.3 Å². The Balaban J connectivity index is 1.46. The lowest BCUT2D eigenvalue weighted by atomic mass is 9.74. The van der Waals surface area contributed by atoms with Gasteiger partial charge in [-0.25, -0.2) is 4.79 Å². The molecule has 1 atom stereocenters. The van der Waals surface area contributed by atoms with Gasteiger partial charge in [0.1, 0.15) is 5.75 Å². The van der Waals surface area contributed by atoms with E-state index in [2.05, 4.69) is 12.2 Å². The first kappa shape index (κ1) is 24.3. The van der Waals surface area contributed by atoms with Gasteiger partial charge in [-0.15, -0.1) is 0 Å². The van der Waals surface area contributed by atoms with E-state index < -0.39 is 0 Å². The second kappa shape index (κ2) is 12.7. The molecular formula is C25H39ClN2O3. The predicted octanol–water partition coefficient (Wildman–Crippen LogP) is 5.76. The second-order valence-electron chi connectivity index (χ2n) is 9.26. The molecule has 1 saturated heterocycles. The van der Waals surface area contributed by atoms with E-state index in [-0.39, 0.29) is 6.09 Å². The maximum atomic E-state index is 12.4. The molecule has 1 unspecified atom stereocenters. The summed E-state index contributed by atoms with van der Waals surface area (Å²) >= 11 is 5.90. The fourth-order valence-corrected chi connectivity index (χ4v) is 5.16. The molecule has 2 fully saturated rings. The third-order valence-electron chi connectivity index (χ3n) is 6.88.